The molecule has 0 saturated carbocycles. The second kappa shape index (κ2) is 7.53. The fraction of sp³-hybridized carbons (Fsp3) is 0.238. The van der Waals surface area contributed by atoms with Crippen LogP contribution in [0.4, 0.5) is 0 Å². The SMILES string of the molecule is CCOC(=O)C(C)(C)Sc1ccc(-c2ccc(C#N)c3ccccc23)s1. The predicted octanol–water partition coefficient (Wildman–Crippen LogP) is 5.87. The monoisotopic (exact) mass is 381 g/mol. The number of nitrogens with zero attached hydrogens (tertiary/aromatic N) is 1. The molecule has 0 N–H and O–H groups in total. The molecule has 0 bridgehead atoms. The Morgan fingerprint density at radius 1 is 1.15 bits per heavy atom. The van der Waals surface area contributed by atoms with Crippen molar-refractivity contribution in [2.24, 2.45) is 0 Å². The van der Waals surface area contributed by atoms with Crippen molar-refractivity contribution >= 4 is 39.8 Å². The number of esters is 1. The number of thiophene rings is 1. The zero-order valence-corrected chi connectivity index (χ0v) is 16.5. The van der Waals surface area contributed by atoms with Gasteiger partial charge in [-0.25, -0.2) is 0 Å². The van der Waals surface area contributed by atoms with Gasteiger partial charge in [0, 0.05) is 10.3 Å². The first-order valence-corrected chi connectivity index (χ1v) is 9.98. The number of carbonyl (C=O) groups excluding carboxylic acids is 1. The first-order valence-electron chi connectivity index (χ1n) is 8.34. The average molecular weight is 382 g/mol. The summed E-state index contributed by atoms with van der Waals surface area (Å²) in [4.78, 5) is 13.2. The molecule has 0 aliphatic heterocycles. The van der Waals surface area contributed by atoms with Crippen LogP contribution in [0.3, 0.4) is 0 Å². The molecule has 2 aromatic carbocycles. The van der Waals surface area contributed by atoms with Gasteiger partial charge in [-0.2, -0.15) is 5.26 Å². The number of carbonyl (C=O) groups is 1. The van der Waals surface area contributed by atoms with Crippen LogP contribution in [0.5, 0.6) is 0 Å². The van der Waals surface area contributed by atoms with Crippen LogP contribution in [0.1, 0.15) is 26.3 Å². The molecule has 0 spiro atoms. The van der Waals surface area contributed by atoms with Crippen molar-refractivity contribution in [2.75, 3.05) is 6.61 Å². The number of fused-ring (bicyclic) bond motifs is 1. The van der Waals surface area contributed by atoms with Crippen molar-refractivity contribution in [1.82, 2.24) is 0 Å². The molecule has 0 aliphatic carbocycles. The van der Waals surface area contributed by atoms with Crippen LogP contribution in [-0.4, -0.2) is 17.3 Å². The Morgan fingerprint density at radius 3 is 2.58 bits per heavy atom. The molecular formula is C21H19NO2S2. The lowest BCUT2D eigenvalue weighted by Gasteiger charge is -2.20. The maximum absolute atomic E-state index is 12.1. The van der Waals surface area contributed by atoms with Gasteiger partial charge in [0.1, 0.15) is 4.75 Å². The Labute approximate surface area is 161 Å². The van der Waals surface area contributed by atoms with Crippen molar-refractivity contribution in [1.29, 1.82) is 5.26 Å². The summed E-state index contributed by atoms with van der Waals surface area (Å²) < 4.78 is 5.60. The lowest BCUT2D eigenvalue weighted by atomic mass is 9.99. The van der Waals surface area contributed by atoms with E-state index in [0.29, 0.717) is 12.2 Å². The summed E-state index contributed by atoms with van der Waals surface area (Å²) in [5.74, 6) is -0.205. The van der Waals surface area contributed by atoms with Gasteiger partial charge in [-0.1, -0.05) is 42.1 Å². The maximum atomic E-state index is 12.1. The summed E-state index contributed by atoms with van der Waals surface area (Å²) in [7, 11) is 0. The molecule has 3 rings (SSSR count). The van der Waals surface area contributed by atoms with Gasteiger partial charge in [0.05, 0.1) is 22.4 Å². The zero-order valence-electron chi connectivity index (χ0n) is 14.9. The molecular weight excluding hydrogens is 362 g/mol. The third-order valence-corrected chi connectivity index (χ3v) is 6.44. The van der Waals surface area contributed by atoms with E-state index in [9.17, 15) is 10.1 Å². The lowest BCUT2D eigenvalue weighted by molar-refractivity contribution is -0.145. The van der Waals surface area contributed by atoms with E-state index in [1.54, 1.807) is 11.3 Å². The topological polar surface area (TPSA) is 50.1 Å². The van der Waals surface area contributed by atoms with Gasteiger partial charge in [-0.3, -0.25) is 4.79 Å². The van der Waals surface area contributed by atoms with Gasteiger partial charge in [-0.15, -0.1) is 11.3 Å². The predicted molar refractivity (Wildman–Crippen MR) is 109 cm³/mol. The van der Waals surface area contributed by atoms with Crippen molar-refractivity contribution in [3.63, 3.8) is 0 Å². The van der Waals surface area contributed by atoms with E-state index >= 15 is 0 Å². The number of nitriles is 1. The van der Waals surface area contributed by atoms with Crippen LogP contribution in [0.2, 0.25) is 0 Å². The lowest BCUT2D eigenvalue weighted by Crippen LogP contribution is -2.29. The highest BCUT2D eigenvalue weighted by molar-refractivity contribution is 8.03. The third kappa shape index (κ3) is 3.62. The molecule has 1 aromatic heterocycles. The first kappa shape index (κ1) is 18.5. The number of ether oxygens (including phenoxy) is 1. The standard InChI is InChI=1S/C21H19NO2S2/c1-4-24-20(23)21(2,3)26-19-12-11-18(25-19)17-10-9-14(13-22)15-7-5-6-8-16(15)17/h5-12H,4H2,1-3H3. The molecule has 3 aromatic rings. The summed E-state index contributed by atoms with van der Waals surface area (Å²) in [6, 6.07) is 18.2. The Morgan fingerprint density at radius 2 is 1.88 bits per heavy atom. The molecule has 3 nitrogen and oxygen atoms in total. The third-order valence-electron chi connectivity index (χ3n) is 4.01. The van der Waals surface area contributed by atoms with Gasteiger partial charge in [0.25, 0.3) is 0 Å². The van der Waals surface area contributed by atoms with E-state index in [2.05, 4.69) is 12.1 Å². The number of rotatable bonds is 5. The van der Waals surface area contributed by atoms with Crippen LogP contribution in [-0.2, 0) is 9.53 Å². The number of hydrogen-bond donors (Lipinski definition) is 0. The van der Waals surface area contributed by atoms with E-state index in [1.165, 1.54) is 11.8 Å². The van der Waals surface area contributed by atoms with E-state index in [4.69, 9.17) is 4.74 Å². The minimum atomic E-state index is -0.634. The van der Waals surface area contributed by atoms with Crippen molar-refractivity contribution in [3.8, 4) is 16.5 Å². The molecule has 0 radical (unpaired) electrons. The quantitative estimate of drug-likeness (QED) is 0.409. The second-order valence-electron chi connectivity index (χ2n) is 6.27. The summed E-state index contributed by atoms with van der Waals surface area (Å²) in [6.07, 6.45) is 0. The molecule has 0 atom stereocenters. The molecule has 0 unspecified atom stereocenters. The van der Waals surface area contributed by atoms with Gasteiger partial charge in [0.15, 0.2) is 0 Å². The molecule has 0 aliphatic rings. The Balaban J connectivity index is 1.95. The fourth-order valence-corrected chi connectivity index (χ4v) is 5.35. The van der Waals surface area contributed by atoms with Crippen molar-refractivity contribution < 1.29 is 9.53 Å². The van der Waals surface area contributed by atoms with Gasteiger partial charge in [-0.05, 0) is 49.9 Å². The second-order valence-corrected chi connectivity index (χ2v) is 9.28. The van der Waals surface area contributed by atoms with Crippen molar-refractivity contribution in [3.05, 3.63) is 54.1 Å². The summed E-state index contributed by atoms with van der Waals surface area (Å²) >= 11 is 3.16. The molecule has 1 heterocycles. The fourth-order valence-electron chi connectivity index (χ4n) is 2.73. The minimum Gasteiger partial charge on any atom is -0.465 e. The Kier molecular flexibility index (Phi) is 5.36. The largest absolute Gasteiger partial charge is 0.465 e. The molecule has 0 amide bonds. The summed E-state index contributed by atoms with van der Waals surface area (Å²) in [5.41, 5.74) is 1.78. The number of benzene rings is 2. The molecule has 26 heavy (non-hydrogen) atoms. The minimum absolute atomic E-state index is 0.205. The van der Waals surface area contributed by atoms with E-state index in [0.717, 1.165) is 25.4 Å². The van der Waals surface area contributed by atoms with E-state index in [1.807, 2.05) is 63.2 Å². The van der Waals surface area contributed by atoms with Gasteiger partial charge in [0.2, 0.25) is 0 Å². The first-order chi connectivity index (χ1) is 12.5. The Bertz CT molecular complexity index is 999. The smallest absolute Gasteiger partial charge is 0.322 e. The van der Waals surface area contributed by atoms with Crippen LogP contribution < -0.4 is 0 Å². The average Bonchev–Trinajstić information content (AvgIpc) is 3.08. The summed E-state index contributed by atoms with van der Waals surface area (Å²) in [5, 5.41) is 11.4. The molecule has 0 saturated heterocycles. The Hall–Kier alpha value is -2.29. The molecule has 0 fully saturated rings. The van der Waals surface area contributed by atoms with Gasteiger partial charge >= 0.3 is 5.97 Å². The van der Waals surface area contributed by atoms with Crippen molar-refractivity contribution in [2.45, 2.75) is 29.7 Å². The number of thioether (sulfide) groups is 1. The van der Waals surface area contributed by atoms with Crippen LogP contribution >= 0.6 is 23.1 Å². The number of hydrogen-bond acceptors (Lipinski definition) is 5. The van der Waals surface area contributed by atoms with E-state index < -0.39 is 4.75 Å². The molecule has 132 valence electrons. The molecule has 5 heteroatoms. The highest BCUT2D eigenvalue weighted by Crippen LogP contribution is 2.42. The highest BCUT2D eigenvalue weighted by atomic mass is 32.2. The van der Waals surface area contributed by atoms with E-state index in [-0.39, 0.29) is 5.97 Å². The van der Waals surface area contributed by atoms with Crippen LogP contribution in [0.25, 0.3) is 21.2 Å². The highest BCUT2D eigenvalue weighted by Gasteiger charge is 2.31. The van der Waals surface area contributed by atoms with Crippen LogP contribution in [0.15, 0.2) is 52.7 Å². The summed E-state index contributed by atoms with van der Waals surface area (Å²) in [6.45, 7) is 5.96. The normalized spacial score (nSPS) is 11.3. The zero-order chi connectivity index (χ0) is 18.7. The maximum Gasteiger partial charge on any atom is 0.322 e. The van der Waals surface area contributed by atoms with Crippen LogP contribution in [0, 0.1) is 11.3 Å². The van der Waals surface area contributed by atoms with Gasteiger partial charge < -0.3 is 4.74 Å².